The molecule has 0 saturated heterocycles. The van der Waals surface area contributed by atoms with Crippen LogP contribution >= 0.6 is 0 Å². The fourth-order valence-electron chi connectivity index (χ4n) is 0.101. The van der Waals surface area contributed by atoms with Crippen molar-refractivity contribution in [2.75, 3.05) is 0 Å². The third-order valence-corrected chi connectivity index (χ3v) is 0.670. The largest absolute Gasteiger partial charge is 0.625 e. The lowest BCUT2D eigenvalue weighted by molar-refractivity contribution is -0.129. The second kappa shape index (κ2) is 7.66. The number of rotatable bonds is 1. The summed E-state index contributed by atoms with van der Waals surface area (Å²) in [4.78, 5) is 10.2. The minimum atomic E-state index is -0.384. The van der Waals surface area contributed by atoms with Gasteiger partial charge in [0.1, 0.15) is 0 Å². The highest BCUT2D eigenvalue weighted by atomic mass is 27.1. The van der Waals surface area contributed by atoms with Gasteiger partial charge in [0.05, 0.1) is 0 Å². The van der Waals surface area contributed by atoms with Gasteiger partial charge >= 0.3 is 16.6 Å². The van der Waals surface area contributed by atoms with Crippen molar-refractivity contribution in [3.05, 3.63) is 12.2 Å². The van der Waals surface area contributed by atoms with E-state index in [1.54, 1.807) is 6.92 Å². The molecule has 0 fully saturated rings. The Balaban J connectivity index is -0.000000180. The van der Waals surface area contributed by atoms with Crippen LogP contribution in [-0.2, 0) is 8.58 Å². The third kappa shape index (κ3) is 7.66. The molecule has 0 aliphatic heterocycles. The van der Waals surface area contributed by atoms with Crippen molar-refractivity contribution in [2.24, 2.45) is 0 Å². The van der Waals surface area contributed by atoms with E-state index < -0.39 is 0 Å². The highest BCUT2D eigenvalue weighted by Crippen LogP contribution is 1.86. The zero-order valence-electron chi connectivity index (χ0n) is 5.10. The lowest BCUT2D eigenvalue weighted by atomic mass is 10.4. The van der Waals surface area contributed by atoms with Crippen LogP contribution in [0.15, 0.2) is 12.2 Å². The van der Waals surface area contributed by atoms with Crippen LogP contribution in [0.1, 0.15) is 6.92 Å². The summed E-state index contributed by atoms with van der Waals surface area (Å²) in [6, 6.07) is 0. The molecule has 0 bridgehead atoms. The van der Waals surface area contributed by atoms with Crippen molar-refractivity contribution < 1.29 is 19.5 Å². The molecule has 0 rings (SSSR count). The Bertz CT molecular complexity index is 101. The molecule has 9 heavy (non-hydrogen) atoms. The molecule has 0 saturated carbocycles. The van der Waals surface area contributed by atoms with Crippen LogP contribution in [0.4, 0.5) is 0 Å². The first-order valence-electron chi connectivity index (χ1n) is 1.75. The Morgan fingerprint density at radius 3 is 1.89 bits per heavy atom. The first kappa shape index (κ1) is 15.9. The molecule has 5 heteroatoms. The van der Waals surface area contributed by atoms with E-state index in [1.165, 1.54) is 0 Å². The maximum atomic E-state index is 10.2. The summed E-state index contributed by atoms with van der Waals surface area (Å²) in [5.41, 5.74) is 0.412. The molecule has 0 spiro atoms. The van der Waals surface area contributed by atoms with Crippen LogP contribution in [0.25, 0.3) is 0 Å². The molecular formula is C4H9AlO4. The molecule has 2 radical (unpaired) electrons. The van der Waals surface area contributed by atoms with Gasteiger partial charge in [0.2, 0.25) is 0 Å². The van der Waals surface area contributed by atoms with Crippen molar-refractivity contribution in [1.82, 2.24) is 0 Å². The lowest BCUT2D eigenvalue weighted by Crippen LogP contribution is -2.00. The Morgan fingerprint density at radius 1 is 1.56 bits per heavy atom. The van der Waals surface area contributed by atoms with Gasteiger partial charge < -0.3 is 14.7 Å². The summed E-state index contributed by atoms with van der Waals surface area (Å²) >= 11 is 1.85. The second-order valence-corrected chi connectivity index (χ2v) is 1.42. The number of hydrogen-bond acceptors (Lipinski definition) is 2. The molecule has 0 amide bonds. The van der Waals surface area contributed by atoms with Gasteiger partial charge in [0.25, 0.3) is 5.97 Å². The third-order valence-electron chi connectivity index (χ3n) is 0.455. The van der Waals surface area contributed by atoms with Gasteiger partial charge in [0.15, 0.2) is 0 Å². The van der Waals surface area contributed by atoms with E-state index in [0.29, 0.717) is 5.57 Å². The van der Waals surface area contributed by atoms with E-state index in [9.17, 15) is 4.79 Å². The smallest absolute Gasteiger partial charge is 0.485 e. The van der Waals surface area contributed by atoms with Crippen molar-refractivity contribution in [1.29, 1.82) is 0 Å². The van der Waals surface area contributed by atoms with E-state index in [1.807, 2.05) is 16.6 Å². The maximum Gasteiger partial charge on any atom is 0.485 e. The molecule has 0 unspecified atom stereocenters. The minimum absolute atomic E-state index is 0. The van der Waals surface area contributed by atoms with Crippen LogP contribution in [0.2, 0.25) is 0 Å². The van der Waals surface area contributed by atoms with Gasteiger partial charge in [0, 0.05) is 5.57 Å². The number of hydrogen-bond donors (Lipinski definition) is 0. The normalized spacial score (nSPS) is 5.89. The predicted molar refractivity (Wildman–Crippen MR) is 33.9 cm³/mol. The average molecular weight is 148 g/mol. The summed E-state index contributed by atoms with van der Waals surface area (Å²) < 4.78 is 4.19. The zero-order valence-corrected chi connectivity index (χ0v) is 6.26. The van der Waals surface area contributed by atoms with Crippen molar-refractivity contribution in [2.45, 2.75) is 6.92 Å². The quantitative estimate of drug-likeness (QED) is 0.336. The van der Waals surface area contributed by atoms with Crippen LogP contribution in [-0.4, -0.2) is 33.5 Å². The lowest BCUT2D eigenvalue weighted by Gasteiger charge is -1.95. The second-order valence-electron chi connectivity index (χ2n) is 1.19. The molecule has 0 aliphatic rings. The highest BCUT2D eigenvalue weighted by molar-refractivity contribution is 6.08. The Hall–Kier alpha value is -0.338. The first-order valence-corrected chi connectivity index (χ1v) is 2.22. The van der Waals surface area contributed by atoms with Crippen LogP contribution in [0.5, 0.6) is 0 Å². The summed E-state index contributed by atoms with van der Waals surface area (Å²) in [6.07, 6.45) is 0. The van der Waals surface area contributed by atoms with Crippen LogP contribution in [0.3, 0.4) is 0 Å². The molecule has 0 aromatic heterocycles. The molecule has 4 N–H and O–H groups in total. The van der Waals surface area contributed by atoms with E-state index >= 15 is 0 Å². The van der Waals surface area contributed by atoms with E-state index in [4.69, 9.17) is 0 Å². The molecule has 0 aromatic carbocycles. The van der Waals surface area contributed by atoms with Crippen LogP contribution in [0, 0.1) is 0 Å². The number of carbonyl (C=O) groups is 1. The van der Waals surface area contributed by atoms with Gasteiger partial charge in [-0.15, -0.1) is 0 Å². The Kier molecular flexibility index (Phi) is 13.5. The molecule has 4 nitrogen and oxygen atoms in total. The predicted octanol–water partition coefficient (Wildman–Crippen LogP) is -1.46. The van der Waals surface area contributed by atoms with E-state index in [0.717, 1.165) is 0 Å². The van der Waals surface area contributed by atoms with Gasteiger partial charge in [-0.3, -0.25) is 4.79 Å². The maximum absolute atomic E-state index is 10.2. The summed E-state index contributed by atoms with van der Waals surface area (Å²) in [6.45, 7) is 4.93. The highest BCUT2D eigenvalue weighted by Gasteiger charge is 1.93. The molecule has 0 aliphatic carbocycles. The minimum Gasteiger partial charge on any atom is -0.625 e. The molecular weight excluding hydrogens is 139 g/mol. The van der Waals surface area contributed by atoms with Crippen molar-refractivity contribution >= 4 is 22.6 Å². The SMILES string of the molecule is C=C(C)C(=O)[O][Al].O.O. The fraction of sp³-hybridized carbons (Fsp3) is 0.250. The van der Waals surface area contributed by atoms with E-state index in [-0.39, 0.29) is 16.9 Å². The summed E-state index contributed by atoms with van der Waals surface area (Å²) in [5, 5.41) is 0. The topological polar surface area (TPSA) is 89.3 Å². The van der Waals surface area contributed by atoms with Gasteiger partial charge in [-0.1, -0.05) is 6.58 Å². The van der Waals surface area contributed by atoms with Crippen molar-refractivity contribution in [3.8, 4) is 0 Å². The van der Waals surface area contributed by atoms with Gasteiger partial charge in [-0.25, -0.2) is 0 Å². The van der Waals surface area contributed by atoms with Crippen molar-refractivity contribution in [3.63, 3.8) is 0 Å². The summed E-state index contributed by atoms with van der Waals surface area (Å²) in [5.74, 6) is -0.384. The van der Waals surface area contributed by atoms with Gasteiger partial charge in [-0.05, 0) is 6.92 Å². The first-order chi connectivity index (χ1) is 3.18. The molecule has 0 heterocycles. The Morgan fingerprint density at radius 2 is 1.89 bits per heavy atom. The van der Waals surface area contributed by atoms with E-state index in [2.05, 4.69) is 10.4 Å². The molecule has 0 aromatic rings. The standard InChI is InChI=1S/C4H6O2.Al.2H2O/c1-3(2)4(5)6;;;/h1H2,2H3,(H,5,6);;2*1H2/q;+1;;/p-1. The van der Waals surface area contributed by atoms with Crippen LogP contribution < -0.4 is 0 Å². The zero-order chi connectivity index (χ0) is 5.86. The monoisotopic (exact) mass is 148 g/mol. The summed E-state index contributed by atoms with van der Waals surface area (Å²) in [7, 11) is 0. The fourth-order valence-corrected chi connectivity index (χ4v) is 0.302. The Labute approximate surface area is 61.9 Å². The molecule has 52 valence electrons. The van der Waals surface area contributed by atoms with Gasteiger partial charge in [-0.2, -0.15) is 0 Å². The molecule has 0 atom stereocenters. The average Bonchev–Trinajstić information content (AvgIpc) is 1.65. The number of carbonyl (C=O) groups excluding carboxylic acids is 1.